The molecule has 208 valence electrons. The van der Waals surface area contributed by atoms with Crippen molar-refractivity contribution in [2.75, 3.05) is 37.4 Å². The van der Waals surface area contributed by atoms with Crippen molar-refractivity contribution < 1.29 is 28.8 Å². The van der Waals surface area contributed by atoms with Gasteiger partial charge >= 0.3 is 12.1 Å². The number of urea groups is 2. The Bertz CT molecular complexity index is 1150. The maximum atomic E-state index is 13.5. The fourth-order valence-electron chi connectivity index (χ4n) is 4.20. The molecular formula is C26H38N6O6. The van der Waals surface area contributed by atoms with Crippen LogP contribution in [0.2, 0.25) is 0 Å². The van der Waals surface area contributed by atoms with Crippen LogP contribution in [0.4, 0.5) is 21.0 Å². The summed E-state index contributed by atoms with van der Waals surface area (Å²) in [5.74, 6) is 0.163. The highest BCUT2D eigenvalue weighted by molar-refractivity contribution is 6.01. The predicted octanol–water partition coefficient (Wildman–Crippen LogP) is 3.21. The average molecular weight is 531 g/mol. The molecule has 1 aliphatic rings. The summed E-state index contributed by atoms with van der Waals surface area (Å²) in [5, 5.41) is 22.1. The smallest absolute Gasteiger partial charge is 0.321 e. The molecule has 38 heavy (non-hydrogen) atoms. The molecule has 3 atom stereocenters. The second-order valence-electron chi connectivity index (χ2n) is 10.1. The Morgan fingerprint density at radius 1 is 1.24 bits per heavy atom. The van der Waals surface area contributed by atoms with E-state index in [-0.39, 0.29) is 48.4 Å². The lowest BCUT2D eigenvalue weighted by Gasteiger charge is -2.38. The normalized spacial score (nSPS) is 18.1. The minimum absolute atomic E-state index is 0.0957. The summed E-state index contributed by atoms with van der Waals surface area (Å²) in [5.41, 5.74) is 1.66. The number of likely N-dealkylation sites (N-methyl/N-ethyl adjacent to an activating group) is 1. The van der Waals surface area contributed by atoms with Gasteiger partial charge in [-0.2, -0.15) is 0 Å². The molecular weight excluding hydrogens is 492 g/mol. The lowest BCUT2D eigenvalue weighted by Crippen LogP contribution is -2.50. The number of benzene rings is 1. The van der Waals surface area contributed by atoms with Gasteiger partial charge in [0.25, 0.3) is 5.91 Å². The van der Waals surface area contributed by atoms with E-state index < -0.39 is 18.2 Å². The number of hydrogen-bond acceptors (Lipinski definition) is 7. The van der Waals surface area contributed by atoms with Crippen molar-refractivity contribution in [1.29, 1.82) is 0 Å². The van der Waals surface area contributed by atoms with Crippen LogP contribution in [-0.4, -0.2) is 83.0 Å². The van der Waals surface area contributed by atoms with Gasteiger partial charge < -0.3 is 40.1 Å². The van der Waals surface area contributed by atoms with E-state index in [0.717, 1.165) is 0 Å². The van der Waals surface area contributed by atoms with Crippen molar-refractivity contribution in [1.82, 2.24) is 20.3 Å². The van der Waals surface area contributed by atoms with Gasteiger partial charge in [-0.05, 0) is 46.8 Å². The molecule has 0 saturated carbocycles. The average Bonchev–Trinajstić information content (AvgIpc) is 3.17. The number of aliphatic hydroxyl groups excluding tert-OH is 1. The standard InChI is InChI=1S/C26H38N6O6/c1-14(2)27-25(35)28-20-10-8-9-19-23(20)37-21(15(3)11-32(24(19)34)16(4)13-33)12-31(7)26(36)29-22-17(5)30-38-18(22)6/h8-10,14-16,21,33H,11-13H2,1-7H3,(H,29,36)(H2,27,28,35)/t15-,16-,21-/m0/s1. The molecule has 0 unspecified atom stereocenters. The molecule has 0 radical (unpaired) electrons. The van der Waals surface area contributed by atoms with Crippen LogP contribution in [0.1, 0.15) is 49.5 Å². The number of nitrogens with one attached hydrogen (secondary N) is 3. The van der Waals surface area contributed by atoms with Crippen LogP contribution in [-0.2, 0) is 0 Å². The number of aliphatic hydroxyl groups is 1. The van der Waals surface area contributed by atoms with Crippen molar-refractivity contribution in [3.05, 3.63) is 35.2 Å². The second-order valence-corrected chi connectivity index (χ2v) is 10.1. The van der Waals surface area contributed by atoms with E-state index in [1.54, 1.807) is 50.9 Å². The lowest BCUT2D eigenvalue weighted by molar-refractivity contribution is 0.0373. The summed E-state index contributed by atoms with van der Waals surface area (Å²) >= 11 is 0. The molecule has 2 aromatic rings. The maximum Gasteiger partial charge on any atom is 0.321 e. The van der Waals surface area contributed by atoms with Gasteiger partial charge in [0.05, 0.1) is 30.4 Å². The number of hydrogen-bond donors (Lipinski definition) is 4. The third-order valence-corrected chi connectivity index (χ3v) is 6.42. The molecule has 0 spiro atoms. The van der Waals surface area contributed by atoms with Gasteiger partial charge in [0.1, 0.15) is 17.5 Å². The molecule has 0 bridgehead atoms. The van der Waals surface area contributed by atoms with E-state index in [1.165, 1.54) is 4.90 Å². The summed E-state index contributed by atoms with van der Waals surface area (Å²) in [7, 11) is 1.64. The van der Waals surface area contributed by atoms with Crippen LogP contribution in [0.25, 0.3) is 0 Å². The summed E-state index contributed by atoms with van der Waals surface area (Å²) in [6, 6.07) is 3.59. The Kier molecular flexibility index (Phi) is 9.21. The van der Waals surface area contributed by atoms with Crippen molar-refractivity contribution >= 4 is 29.3 Å². The fourth-order valence-corrected chi connectivity index (χ4v) is 4.20. The van der Waals surface area contributed by atoms with Crippen LogP contribution in [0.5, 0.6) is 5.75 Å². The zero-order valence-electron chi connectivity index (χ0n) is 23.0. The number of fused-ring (bicyclic) bond motifs is 1. The highest BCUT2D eigenvalue weighted by Gasteiger charge is 2.35. The molecule has 0 saturated heterocycles. The molecule has 0 aliphatic carbocycles. The van der Waals surface area contributed by atoms with E-state index in [2.05, 4.69) is 21.1 Å². The Morgan fingerprint density at radius 3 is 2.55 bits per heavy atom. The minimum atomic E-state index is -0.549. The van der Waals surface area contributed by atoms with Gasteiger partial charge in [-0.25, -0.2) is 9.59 Å². The van der Waals surface area contributed by atoms with Crippen molar-refractivity contribution in [3.8, 4) is 5.75 Å². The number of para-hydroxylation sites is 1. The van der Waals surface area contributed by atoms with Gasteiger partial charge in [0.15, 0.2) is 11.5 Å². The molecule has 1 aromatic carbocycles. The van der Waals surface area contributed by atoms with Gasteiger partial charge in [-0.15, -0.1) is 0 Å². The first-order chi connectivity index (χ1) is 17.9. The number of aromatic nitrogens is 1. The topological polar surface area (TPSA) is 149 Å². The molecule has 3 rings (SSSR count). The van der Waals surface area contributed by atoms with E-state index in [9.17, 15) is 19.5 Å². The number of amides is 5. The van der Waals surface area contributed by atoms with Gasteiger partial charge in [-0.1, -0.05) is 18.1 Å². The van der Waals surface area contributed by atoms with Crippen molar-refractivity contribution in [3.63, 3.8) is 0 Å². The SMILES string of the molecule is Cc1noc(C)c1NC(=O)N(C)C[C@@H]1Oc2c(NC(=O)NC(C)C)cccc2C(=O)N([C@@H](C)CO)C[C@@H]1C. The molecule has 0 fully saturated rings. The zero-order chi connectivity index (χ0) is 28.1. The van der Waals surface area contributed by atoms with Crippen molar-refractivity contribution in [2.45, 2.75) is 59.7 Å². The first-order valence-electron chi connectivity index (χ1n) is 12.7. The van der Waals surface area contributed by atoms with Gasteiger partial charge in [-0.3, -0.25) is 4.79 Å². The molecule has 12 heteroatoms. The quantitative estimate of drug-likeness (QED) is 0.429. The minimum Gasteiger partial charge on any atom is -0.485 e. The van der Waals surface area contributed by atoms with E-state index in [1.807, 2.05) is 20.8 Å². The highest BCUT2D eigenvalue weighted by atomic mass is 16.5. The molecule has 1 aliphatic heterocycles. The van der Waals surface area contributed by atoms with Gasteiger partial charge in [0, 0.05) is 25.6 Å². The van der Waals surface area contributed by atoms with E-state index >= 15 is 0 Å². The zero-order valence-corrected chi connectivity index (χ0v) is 23.0. The lowest BCUT2D eigenvalue weighted by atomic mass is 9.99. The third kappa shape index (κ3) is 6.55. The van der Waals surface area contributed by atoms with Gasteiger partial charge in [0.2, 0.25) is 0 Å². The second kappa shape index (κ2) is 12.2. The number of nitrogens with zero attached hydrogens (tertiary/aromatic N) is 3. The Hall–Kier alpha value is -3.80. The van der Waals surface area contributed by atoms with Crippen molar-refractivity contribution in [2.24, 2.45) is 5.92 Å². The number of rotatable bonds is 7. The number of ether oxygens (including phenoxy) is 1. The van der Waals surface area contributed by atoms with Crippen LogP contribution in [0, 0.1) is 19.8 Å². The largest absolute Gasteiger partial charge is 0.485 e. The maximum absolute atomic E-state index is 13.5. The molecule has 5 amide bonds. The van der Waals surface area contributed by atoms with Crippen LogP contribution >= 0.6 is 0 Å². The fraction of sp³-hybridized carbons (Fsp3) is 0.538. The Morgan fingerprint density at radius 2 is 1.95 bits per heavy atom. The highest BCUT2D eigenvalue weighted by Crippen LogP contribution is 2.35. The van der Waals surface area contributed by atoms with Crippen LogP contribution in [0.3, 0.4) is 0 Å². The summed E-state index contributed by atoms with van der Waals surface area (Å²) in [6.45, 7) is 11.1. The number of aryl methyl sites for hydroxylation is 2. The molecule has 2 heterocycles. The number of carbonyl (C=O) groups excluding carboxylic acids is 3. The third-order valence-electron chi connectivity index (χ3n) is 6.42. The predicted molar refractivity (Wildman–Crippen MR) is 143 cm³/mol. The van der Waals surface area contributed by atoms with Crippen LogP contribution < -0.4 is 20.7 Å². The van der Waals surface area contributed by atoms with E-state index in [4.69, 9.17) is 9.26 Å². The van der Waals surface area contributed by atoms with Crippen LogP contribution in [0.15, 0.2) is 22.7 Å². The molecule has 1 aromatic heterocycles. The first-order valence-corrected chi connectivity index (χ1v) is 12.7. The first kappa shape index (κ1) is 28.8. The number of carbonyl (C=O) groups is 3. The number of anilines is 2. The summed E-state index contributed by atoms with van der Waals surface area (Å²) < 4.78 is 11.5. The Labute approximate surface area is 222 Å². The monoisotopic (exact) mass is 530 g/mol. The molecule has 4 N–H and O–H groups in total. The summed E-state index contributed by atoms with van der Waals surface area (Å²) in [4.78, 5) is 42.1. The summed E-state index contributed by atoms with van der Waals surface area (Å²) in [6.07, 6.45) is -0.549. The molecule has 12 nitrogen and oxygen atoms in total. The Balaban J connectivity index is 1.94. The van der Waals surface area contributed by atoms with E-state index in [0.29, 0.717) is 29.4 Å².